The number of carbonyl (C=O) groups is 1. The molecule has 0 saturated carbocycles. The van der Waals surface area contributed by atoms with Crippen molar-refractivity contribution in [3.8, 4) is 0 Å². The van der Waals surface area contributed by atoms with E-state index < -0.39 is 9.05 Å². The van der Waals surface area contributed by atoms with Gasteiger partial charge in [0.15, 0.2) is 0 Å². The molecule has 0 unspecified atom stereocenters. The number of nitrogens with one attached hydrogen (secondary N) is 1. The number of hydrogen-bond acceptors (Lipinski definition) is 4. The molecule has 2 rings (SSSR count). The first-order chi connectivity index (χ1) is 9.75. The van der Waals surface area contributed by atoms with Crippen molar-refractivity contribution in [1.82, 2.24) is 5.32 Å². The Morgan fingerprint density at radius 3 is 2.33 bits per heavy atom. The van der Waals surface area contributed by atoms with Gasteiger partial charge in [0.2, 0.25) is 0 Å². The third kappa shape index (κ3) is 4.79. The van der Waals surface area contributed by atoms with Crippen molar-refractivity contribution >= 4 is 68.8 Å². The van der Waals surface area contributed by atoms with Gasteiger partial charge in [-0.15, -0.1) is 11.3 Å². The van der Waals surface area contributed by atoms with Gasteiger partial charge in [-0.05, 0) is 30.3 Å². The summed E-state index contributed by atoms with van der Waals surface area (Å²) in [5, 5.41) is 2.73. The van der Waals surface area contributed by atoms with E-state index in [4.69, 9.17) is 10.7 Å². The summed E-state index contributed by atoms with van der Waals surface area (Å²) in [5.74, 6) is -0.249. The molecule has 1 heterocycles. The maximum absolute atomic E-state index is 12.0. The third-order valence-electron chi connectivity index (χ3n) is 2.43. The van der Waals surface area contributed by atoms with Crippen molar-refractivity contribution in [2.75, 3.05) is 0 Å². The Labute approximate surface area is 147 Å². The number of thiophene rings is 1. The first-order valence-corrected chi connectivity index (χ1v) is 10.2. The van der Waals surface area contributed by atoms with Crippen LogP contribution in [0.5, 0.6) is 0 Å². The summed E-state index contributed by atoms with van der Waals surface area (Å²) in [6.07, 6.45) is 0. The molecule has 1 aromatic carbocycles. The molecular weight excluding hydrogens is 466 g/mol. The molecule has 0 bridgehead atoms. The number of benzene rings is 1. The molecule has 0 aliphatic rings. The minimum atomic E-state index is -3.72. The summed E-state index contributed by atoms with van der Waals surface area (Å²) >= 11 is 7.66. The quantitative estimate of drug-likeness (QED) is 0.680. The second-order valence-electron chi connectivity index (χ2n) is 4.00. The highest BCUT2D eigenvalue weighted by molar-refractivity contribution is 9.11. The molecule has 1 N–H and O–H groups in total. The van der Waals surface area contributed by atoms with Gasteiger partial charge in [-0.1, -0.05) is 31.9 Å². The SMILES string of the molecule is O=C(NCc1ccc(S(=O)(=O)Cl)s1)c1cc(Br)cc(Br)c1. The second kappa shape index (κ2) is 6.78. The Bertz CT molecular complexity index is 769. The lowest BCUT2D eigenvalue weighted by atomic mass is 10.2. The first-order valence-electron chi connectivity index (χ1n) is 5.53. The van der Waals surface area contributed by atoms with E-state index in [9.17, 15) is 13.2 Å². The molecule has 1 amide bonds. The number of hydrogen-bond donors (Lipinski definition) is 1. The second-order valence-corrected chi connectivity index (χ2v) is 9.79. The van der Waals surface area contributed by atoms with E-state index in [0.29, 0.717) is 10.4 Å². The number of carbonyl (C=O) groups excluding carboxylic acids is 1. The van der Waals surface area contributed by atoms with Crippen LogP contribution in [0.25, 0.3) is 0 Å². The predicted octanol–water partition coefficient (Wildman–Crippen LogP) is 4.13. The molecule has 0 spiro atoms. The third-order valence-corrected chi connectivity index (χ3v) is 6.52. The molecule has 9 heteroatoms. The van der Waals surface area contributed by atoms with Crippen LogP contribution in [-0.2, 0) is 15.6 Å². The summed E-state index contributed by atoms with van der Waals surface area (Å²) in [7, 11) is 1.53. The zero-order chi connectivity index (χ0) is 15.6. The Morgan fingerprint density at radius 2 is 1.81 bits per heavy atom. The summed E-state index contributed by atoms with van der Waals surface area (Å²) in [6.45, 7) is 0.236. The highest BCUT2D eigenvalue weighted by atomic mass is 79.9. The molecule has 2 aromatic rings. The van der Waals surface area contributed by atoms with E-state index in [1.807, 2.05) is 6.07 Å². The van der Waals surface area contributed by atoms with Crippen molar-refractivity contribution in [2.45, 2.75) is 10.8 Å². The molecular formula is C12H8Br2ClNO3S2. The number of rotatable bonds is 4. The van der Waals surface area contributed by atoms with Crippen LogP contribution in [-0.4, -0.2) is 14.3 Å². The van der Waals surface area contributed by atoms with Gasteiger partial charge in [0.1, 0.15) is 4.21 Å². The van der Waals surface area contributed by atoms with E-state index in [-0.39, 0.29) is 16.7 Å². The monoisotopic (exact) mass is 471 g/mol. The normalized spacial score (nSPS) is 11.4. The van der Waals surface area contributed by atoms with Crippen LogP contribution >= 0.6 is 53.9 Å². The first kappa shape index (κ1) is 17.0. The minimum Gasteiger partial charge on any atom is -0.347 e. The largest absolute Gasteiger partial charge is 0.347 e. The van der Waals surface area contributed by atoms with Crippen molar-refractivity contribution in [3.05, 3.63) is 49.7 Å². The van der Waals surface area contributed by atoms with E-state index in [1.165, 1.54) is 6.07 Å². The van der Waals surface area contributed by atoms with Gasteiger partial charge in [-0.3, -0.25) is 4.79 Å². The molecule has 0 radical (unpaired) electrons. The molecule has 1 aromatic heterocycles. The summed E-state index contributed by atoms with van der Waals surface area (Å²) in [4.78, 5) is 12.7. The summed E-state index contributed by atoms with van der Waals surface area (Å²) in [6, 6.07) is 8.27. The van der Waals surface area contributed by atoms with Crippen molar-refractivity contribution in [3.63, 3.8) is 0 Å². The van der Waals surface area contributed by atoms with Crippen LogP contribution in [0.3, 0.4) is 0 Å². The van der Waals surface area contributed by atoms with Gasteiger partial charge in [0.25, 0.3) is 15.0 Å². The van der Waals surface area contributed by atoms with Crippen LogP contribution in [0.1, 0.15) is 15.2 Å². The van der Waals surface area contributed by atoms with Gasteiger partial charge in [0.05, 0.1) is 6.54 Å². The van der Waals surface area contributed by atoms with Gasteiger partial charge >= 0.3 is 0 Å². The van der Waals surface area contributed by atoms with Crippen molar-refractivity contribution in [1.29, 1.82) is 0 Å². The lowest BCUT2D eigenvalue weighted by Gasteiger charge is -2.05. The Hall–Kier alpha value is -0.410. The van der Waals surface area contributed by atoms with Crippen LogP contribution in [0.15, 0.2) is 43.5 Å². The average molecular weight is 474 g/mol. The Balaban J connectivity index is 2.06. The lowest BCUT2D eigenvalue weighted by Crippen LogP contribution is -2.22. The molecule has 21 heavy (non-hydrogen) atoms. The molecule has 0 aliphatic carbocycles. The lowest BCUT2D eigenvalue weighted by molar-refractivity contribution is 0.0951. The fourth-order valence-corrected chi connectivity index (χ4v) is 4.89. The predicted molar refractivity (Wildman–Crippen MR) is 90.4 cm³/mol. The highest BCUT2D eigenvalue weighted by Crippen LogP contribution is 2.25. The van der Waals surface area contributed by atoms with Crippen molar-refractivity contribution < 1.29 is 13.2 Å². The smallest absolute Gasteiger partial charge is 0.270 e. The topological polar surface area (TPSA) is 63.2 Å². The Kier molecular flexibility index (Phi) is 5.48. The zero-order valence-electron chi connectivity index (χ0n) is 10.3. The van der Waals surface area contributed by atoms with Crippen molar-refractivity contribution in [2.24, 2.45) is 0 Å². The maximum Gasteiger partial charge on any atom is 0.270 e. The zero-order valence-corrected chi connectivity index (χ0v) is 15.8. The minimum absolute atomic E-state index is 0.0682. The Morgan fingerprint density at radius 1 is 1.19 bits per heavy atom. The summed E-state index contributed by atoms with van der Waals surface area (Å²) in [5.41, 5.74) is 0.498. The molecule has 4 nitrogen and oxygen atoms in total. The average Bonchev–Trinajstić information content (AvgIpc) is 2.83. The van der Waals surface area contributed by atoms with Crippen LogP contribution in [0.4, 0.5) is 0 Å². The van der Waals surface area contributed by atoms with E-state index in [2.05, 4.69) is 37.2 Å². The van der Waals surface area contributed by atoms with E-state index >= 15 is 0 Å². The molecule has 0 aliphatic heterocycles. The molecule has 112 valence electrons. The van der Waals surface area contributed by atoms with Gasteiger partial charge in [-0.2, -0.15) is 0 Å². The standard InChI is InChI=1S/C12H8Br2ClNO3S2/c13-8-3-7(4-9(14)5-8)12(17)16-6-10-1-2-11(20-10)21(15,18)19/h1-5H,6H2,(H,16,17). The highest BCUT2D eigenvalue weighted by Gasteiger charge is 2.14. The van der Waals surface area contributed by atoms with E-state index in [1.54, 1.807) is 18.2 Å². The number of amides is 1. The molecule has 0 fully saturated rings. The van der Waals surface area contributed by atoms with Crippen LogP contribution in [0.2, 0.25) is 0 Å². The maximum atomic E-state index is 12.0. The van der Waals surface area contributed by atoms with E-state index in [0.717, 1.165) is 20.3 Å². The fraction of sp³-hybridized carbons (Fsp3) is 0.0833. The fourth-order valence-electron chi connectivity index (χ4n) is 1.54. The molecule has 0 saturated heterocycles. The van der Waals surface area contributed by atoms with Crippen LogP contribution < -0.4 is 5.32 Å². The van der Waals surface area contributed by atoms with Gasteiger partial charge in [-0.25, -0.2) is 8.42 Å². The van der Waals surface area contributed by atoms with Gasteiger partial charge in [0, 0.05) is 30.1 Å². The summed E-state index contributed by atoms with van der Waals surface area (Å²) < 4.78 is 24.0. The number of halogens is 3. The van der Waals surface area contributed by atoms with Gasteiger partial charge < -0.3 is 5.32 Å². The van der Waals surface area contributed by atoms with Crippen LogP contribution in [0, 0.1) is 0 Å². The molecule has 0 atom stereocenters.